The first-order chi connectivity index (χ1) is 17.4. The van der Waals surface area contributed by atoms with Gasteiger partial charge in [0.25, 0.3) is 5.91 Å². The number of rotatable bonds is 9. The monoisotopic (exact) mass is 543 g/mol. The van der Waals surface area contributed by atoms with Gasteiger partial charge in [0.2, 0.25) is 0 Å². The Labute approximate surface area is 231 Å². The third-order valence-corrected chi connectivity index (χ3v) is 8.31. The molecule has 0 heterocycles. The van der Waals surface area contributed by atoms with Crippen LogP contribution in [0, 0.1) is 10.8 Å². The Morgan fingerprint density at radius 3 is 2.38 bits per heavy atom. The van der Waals surface area contributed by atoms with Gasteiger partial charge in [-0.25, -0.2) is 0 Å². The number of phenols is 1. The van der Waals surface area contributed by atoms with E-state index in [0.717, 1.165) is 24.2 Å². The van der Waals surface area contributed by atoms with E-state index in [0.29, 0.717) is 34.3 Å². The molecule has 6 heteroatoms. The number of amides is 1. The van der Waals surface area contributed by atoms with Gasteiger partial charge in [0.15, 0.2) is 6.10 Å². The normalized spacial score (nSPS) is 15.4. The quantitative estimate of drug-likeness (QED) is 0.330. The number of hydrogen-bond acceptors (Lipinski definition) is 3. The highest BCUT2D eigenvalue weighted by atomic mass is 35.5. The molecule has 0 saturated carbocycles. The number of halogens is 2. The number of allylic oxidation sites excluding steroid dienone is 5. The van der Waals surface area contributed by atoms with Crippen molar-refractivity contribution in [3.63, 3.8) is 0 Å². The van der Waals surface area contributed by atoms with Crippen molar-refractivity contribution in [2.24, 2.45) is 10.8 Å². The van der Waals surface area contributed by atoms with Crippen LogP contribution in [0.5, 0.6) is 5.75 Å². The van der Waals surface area contributed by atoms with Crippen LogP contribution in [-0.2, 0) is 9.53 Å². The lowest BCUT2D eigenvalue weighted by Crippen LogP contribution is -2.31. The zero-order valence-electron chi connectivity index (χ0n) is 23.0. The summed E-state index contributed by atoms with van der Waals surface area (Å²) in [6.07, 6.45) is 8.98. The van der Waals surface area contributed by atoms with Crippen molar-refractivity contribution in [2.45, 2.75) is 80.3 Å². The molecule has 200 valence electrons. The van der Waals surface area contributed by atoms with Gasteiger partial charge >= 0.3 is 0 Å². The van der Waals surface area contributed by atoms with Crippen LogP contribution in [0.25, 0.3) is 10.8 Å². The number of benzene rings is 2. The van der Waals surface area contributed by atoms with Crippen molar-refractivity contribution in [2.75, 3.05) is 5.32 Å². The molecule has 2 aromatic carbocycles. The lowest BCUT2D eigenvalue weighted by molar-refractivity contribution is -0.125. The second kappa shape index (κ2) is 11.5. The number of nitrogens with one attached hydrogen (secondary N) is 1. The highest BCUT2D eigenvalue weighted by molar-refractivity contribution is 6.41. The van der Waals surface area contributed by atoms with E-state index in [2.05, 4.69) is 65.1 Å². The number of ether oxygens (including phenoxy) is 1. The summed E-state index contributed by atoms with van der Waals surface area (Å²) >= 11 is 12.6. The van der Waals surface area contributed by atoms with E-state index >= 15 is 0 Å². The first-order valence-corrected chi connectivity index (χ1v) is 13.8. The van der Waals surface area contributed by atoms with E-state index < -0.39 is 6.10 Å². The molecule has 1 aliphatic rings. The minimum Gasteiger partial charge on any atom is -0.506 e. The maximum atomic E-state index is 13.5. The molecule has 0 spiro atoms. The van der Waals surface area contributed by atoms with Crippen molar-refractivity contribution in [1.29, 1.82) is 0 Å². The minimum absolute atomic E-state index is 0.0324. The van der Waals surface area contributed by atoms with E-state index in [1.165, 1.54) is 11.6 Å². The van der Waals surface area contributed by atoms with Crippen molar-refractivity contribution >= 4 is 45.6 Å². The maximum absolute atomic E-state index is 13.5. The number of anilines is 1. The molecular weight excluding hydrogens is 505 g/mol. The van der Waals surface area contributed by atoms with Gasteiger partial charge in [0.1, 0.15) is 11.5 Å². The van der Waals surface area contributed by atoms with Crippen LogP contribution in [0.3, 0.4) is 0 Å². The van der Waals surface area contributed by atoms with Gasteiger partial charge in [0, 0.05) is 17.2 Å². The summed E-state index contributed by atoms with van der Waals surface area (Å²) in [5.41, 5.74) is 2.81. The SMILES string of the molecule is CCC(OC1=C(C(C)(C)CC)C=C(C(C)(C)CC)C=CC1)C(=O)Nc1cccc2c(O)c(Cl)cc(Cl)c12. The number of aromatic hydroxyl groups is 1. The molecule has 2 aromatic rings. The highest BCUT2D eigenvalue weighted by Gasteiger charge is 2.30. The fourth-order valence-electron chi connectivity index (χ4n) is 4.39. The smallest absolute Gasteiger partial charge is 0.265 e. The molecule has 1 aliphatic carbocycles. The highest BCUT2D eigenvalue weighted by Crippen LogP contribution is 2.43. The summed E-state index contributed by atoms with van der Waals surface area (Å²) in [5, 5.41) is 14.9. The Hall–Kier alpha value is -2.43. The maximum Gasteiger partial charge on any atom is 0.265 e. The largest absolute Gasteiger partial charge is 0.506 e. The van der Waals surface area contributed by atoms with Gasteiger partial charge in [-0.2, -0.15) is 0 Å². The number of phenolic OH excluding ortho intramolecular Hbond substituents is 1. The third kappa shape index (κ3) is 6.18. The molecular formula is C31H39Cl2NO3. The molecule has 0 fully saturated rings. The van der Waals surface area contributed by atoms with E-state index in [9.17, 15) is 9.90 Å². The molecule has 3 rings (SSSR count). The average molecular weight is 545 g/mol. The molecule has 1 atom stereocenters. The van der Waals surface area contributed by atoms with Gasteiger partial charge in [-0.1, -0.05) is 102 Å². The van der Waals surface area contributed by atoms with Crippen molar-refractivity contribution < 1.29 is 14.6 Å². The molecule has 2 N–H and O–H groups in total. The molecule has 0 aliphatic heterocycles. The lowest BCUT2D eigenvalue weighted by Gasteiger charge is -2.31. The van der Waals surface area contributed by atoms with E-state index in [1.807, 2.05) is 6.92 Å². The zero-order chi connectivity index (χ0) is 27.5. The van der Waals surface area contributed by atoms with Crippen LogP contribution < -0.4 is 5.32 Å². The molecule has 0 radical (unpaired) electrons. The van der Waals surface area contributed by atoms with Gasteiger partial charge in [-0.15, -0.1) is 0 Å². The fraction of sp³-hybridized carbons (Fsp3) is 0.452. The summed E-state index contributed by atoms with van der Waals surface area (Å²) in [4.78, 5) is 13.5. The van der Waals surface area contributed by atoms with Gasteiger partial charge < -0.3 is 15.2 Å². The first kappa shape index (κ1) is 29.1. The molecule has 0 aromatic heterocycles. The Kier molecular flexibility index (Phi) is 9.08. The van der Waals surface area contributed by atoms with Crippen molar-refractivity contribution in [1.82, 2.24) is 0 Å². The van der Waals surface area contributed by atoms with Crippen LogP contribution in [0.15, 0.2) is 59.4 Å². The summed E-state index contributed by atoms with van der Waals surface area (Å²) in [5.74, 6) is 0.486. The predicted octanol–water partition coefficient (Wildman–Crippen LogP) is 9.60. The van der Waals surface area contributed by atoms with E-state index in [4.69, 9.17) is 27.9 Å². The van der Waals surface area contributed by atoms with Crippen molar-refractivity contribution in [3.8, 4) is 5.75 Å². The number of hydrogen-bond donors (Lipinski definition) is 2. The average Bonchev–Trinajstić information content (AvgIpc) is 3.09. The fourth-order valence-corrected chi connectivity index (χ4v) is 4.97. The molecule has 0 bridgehead atoms. The molecule has 1 amide bonds. The minimum atomic E-state index is -0.699. The van der Waals surface area contributed by atoms with Gasteiger partial charge in [-0.3, -0.25) is 4.79 Å². The van der Waals surface area contributed by atoms with E-state index in [1.54, 1.807) is 18.2 Å². The summed E-state index contributed by atoms with van der Waals surface area (Å²) < 4.78 is 6.50. The Balaban J connectivity index is 2.00. The molecule has 1 unspecified atom stereocenters. The summed E-state index contributed by atoms with van der Waals surface area (Å²) in [6.45, 7) is 15.3. The number of carbonyl (C=O) groups excluding carboxylic acids is 1. The number of fused-ring (bicyclic) bond motifs is 1. The second-order valence-electron chi connectivity index (χ2n) is 10.9. The summed E-state index contributed by atoms with van der Waals surface area (Å²) in [6, 6.07) is 6.70. The molecule has 4 nitrogen and oxygen atoms in total. The first-order valence-electron chi connectivity index (χ1n) is 13.1. The van der Waals surface area contributed by atoms with Crippen LogP contribution in [0.1, 0.15) is 74.1 Å². The second-order valence-corrected chi connectivity index (χ2v) is 11.8. The molecule has 0 saturated heterocycles. The van der Waals surface area contributed by atoms with Crippen LogP contribution >= 0.6 is 23.2 Å². The van der Waals surface area contributed by atoms with Crippen molar-refractivity contribution in [3.05, 3.63) is 69.4 Å². The third-order valence-electron chi connectivity index (χ3n) is 7.72. The van der Waals surface area contributed by atoms with Crippen LogP contribution in [-0.4, -0.2) is 17.1 Å². The summed E-state index contributed by atoms with van der Waals surface area (Å²) in [7, 11) is 0. The Morgan fingerprint density at radius 1 is 1.08 bits per heavy atom. The van der Waals surface area contributed by atoms with Gasteiger partial charge in [-0.05, 0) is 53.4 Å². The standard InChI is InChI=1S/C31H39Cl2NO3/c1-8-25(29(36)34-24-15-12-14-20-27(24)22(32)18-23(33)28(20)35)37-26-16-11-13-19(30(4,5)9-2)17-21(26)31(6,7)10-3/h11-15,17-18,25,35H,8-10,16H2,1-7H3,(H,34,36). The van der Waals surface area contributed by atoms with Gasteiger partial charge in [0.05, 0.1) is 15.7 Å². The lowest BCUT2D eigenvalue weighted by atomic mass is 9.76. The molecule has 37 heavy (non-hydrogen) atoms. The topological polar surface area (TPSA) is 58.6 Å². The Morgan fingerprint density at radius 2 is 1.76 bits per heavy atom. The Bertz CT molecular complexity index is 1270. The number of carbonyl (C=O) groups is 1. The zero-order valence-corrected chi connectivity index (χ0v) is 24.5. The van der Waals surface area contributed by atoms with E-state index in [-0.39, 0.29) is 27.5 Å². The van der Waals surface area contributed by atoms with Crippen LogP contribution in [0.4, 0.5) is 5.69 Å². The predicted molar refractivity (Wildman–Crippen MR) is 156 cm³/mol. The van der Waals surface area contributed by atoms with Crippen LogP contribution in [0.2, 0.25) is 10.0 Å².